The molecule has 14 nitrogen and oxygen atoms in total. The van der Waals surface area contributed by atoms with Crippen LogP contribution in [0.2, 0.25) is 0 Å². The van der Waals surface area contributed by atoms with Crippen molar-refractivity contribution in [1.82, 2.24) is 19.9 Å². The number of hydrogen-bond acceptors (Lipinski definition) is 8. The molecule has 0 amide bonds. The van der Waals surface area contributed by atoms with Crippen molar-refractivity contribution in [3.63, 3.8) is 0 Å². The maximum Gasteiger partial charge on any atom is 0.331 e. The van der Waals surface area contributed by atoms with E-state index in [2.05, 4.69) is 19.9 Å². The first-order chi connectivity index (χ1) is 22.0. The van der Waals surface area contributed by atoms with Crippen molar-refractivity contribution in [1.29, 1.82) is 0 Å². The number of carboxylic acid groups (broad SMARTS) is 4. The largest absolute Gasteiger partial charge is 0.478 e. The second kappa shape index (κ2) is 25.7. The lowest BCUT2D eigenvalue weighted by atomic mass is 10.3. The molecule has 4 heterocycles. The number of pyridine rings is 4. The van der Waals surface area contributed by atoms with Gasteiger partial charge in [0.25, 0.3) is 0 Å². The summed E-state index contributed by atoms with van der Waals surface area (Å²) in [6.45, 7) is 2.44. The Kier molecular flexibility index (Phi) is 23.3. The van der Waals surface area contributed by atoms with E-state index in [0.29, 0.717) is 12.2 Å². The number of hydrogen-bond donors (Lipinski definition) is 4. The Morgan fingerprint density at radius 3 is 0.812 bits per heavy atom. The van der Waals surface area contributed by atoms with Crippen LogP contribution in [0.5, 0.6) is 0 Å². The average Bonchev–Trinajstić information content (AvgIpc) is 3.05. The van der Waals surface area contributed by atoms with Gasteiger partial charge in [-0.25, -0.2) is 19.2 Å². The van der Waals surface area contributed by atoms with Crippen LogP contribution in [0.1, 0.15) is 36.6 Å². The van der Waals surface area contributed by atoms with Gasteiger partial charge in [0.2, 0.25) is 0 Å². The van der Waals surface area contributed by atoms with E-state index in [0.717, 1.165) is 22.8 Å². The quantitative estimate of drug-likeness (QED) is 0.196. The van der Waals surface area contributed by atoms with Crippen LogP contribution < -0.4 is 0 Å². The molecule has 0 fully saturated rings. The third-order valence-electron chi connectivity index (χ3n) is 4.96. The van der Waals surface area contributed by atoms with Gasteiger partial charge in [0.1, 0.15) is 0 Å². The van der Waals surface area contributed by atoms with Gasteiger partial charge in [-0.05, 0) is 86.7 Å². The van der Waals surface area contributed by atoms with Gasteiger partial charge >= 0.3 is 23.9 Å². The van der Waals surface area contributed by atoms with Crippen LogP contribution in [-0.4, -0.2) is 75.2 Å². The maximum absolute atomic E-state index is 9.90. The molecule has 48 heavy (non-hydrogen) atoms. The molecule has 0 spiro atoms. The molecule has 0 bridgehead atoms. The predicted octanol–water partition coefficient (Wildman–Crippen LogP) is 3.85. The predicted molar refractivity (Wildman–Crippen MR) is 180 cm³/mol. The van der Waals surface area contributed by atoms with Crippen LogP contribution in [0.25, 0.3) is 24.3 Å². The first-order valence-corrected chi connectivity index (χ1v) is 13.3. The Morgan fingerprint density at radius 1 is 0.458 bits per heavy atom. The van der Waals surface area contributed by atoms with Crippen molar-refractivity contribution in [2.24, 2.45) is 0 Å². The minimum Gasteiger partial charge on any atom is -0.478 e. The number of carbonyl (C=O) groups is 4. The zero-order valence-corrected chi connectivity index (χ0v) is 25.9. The summed E-state index contributed by atoms with van der Waals surface area (Å²) in [5.74, 6) is -4.90. The Balaban J connectivity index is 0. The van der Waals surface area contributed by atoms with E-state index in [-0.39, 0.29) is 22.1 Å². The van der Waals surface area contributed by atoms with Gasteiger partial charge < -0.3 is 31.4 Å². The molecule has 0 saturated carbocycles. The van der Waals surface area contributed by atoms with E-state index in [1.165, 1.54) is 13.8 Å². The summed E-state index contributed by atoms with van der Waals surface area (Å²) in [5, 5.41) is 32.2. The number of aromatic nitrogens is 4. The zero-order chi connectivity index (χ0) is 34.2. The van der Waals surface area contributed by atoms with E-state index < -0.39 is 23.9 Å². The molecule has 0 aliphatic heterocycles. The summed E-state index contributed by atoms with van der Waals surface area (Å²) in [7, 11) is 0. The third kappa shape index (κ3) is 22.0. The van der Waals surface area contributed by atoms with Crippen LogP contribution >= 0.6 is 0 Å². The van der Waals surface area contributed by atoms with E-state index in [9.17, 15) is 19.2 Å². The standard InChI is InChI=1S/2C12H10N2.2C5H6O4.2H2O/c2*1-3-9-13-11(5-1)7-8-12-6-2-4-10-14-12;2*1-3(5(8)9)2-4(6)7;;/h2*1-10H;2*2H,1H3,(H,6,7)(H,8,9);2*1H2/b8-7+;;2*3-2+;;. The van der Waals surface area contributed by atoms with Crippen molar-refractivity contribution in [3.8, 4) is 0 Å². The van der Waals surface area contributed by atoms with Gasteiger partial charge in [0.15, 0.2) is 0 Å². The number of nitrogens with zero attached hydrogens (tertiary/aromatic N) is 4. The Hall–Kier alpha value is -6.64. The fourth-order valence-electron chi connectivity index (χ4n) is 2.73. The Morgan fingerprint density at radius 2 is 0.688 bits per heavy atom. The summed E-state index contributed by atoms with van der Waals surface area (Å²) in [6.07, 6.45) is 16.2. The van der Waals surface area contributed by atoms with Gasteiger partial charge in [-0.1, -0.05) is 24.3 Å². The summed E-state index contributed by atoms with van der Waals surface area (Å²) >= 11 is 0. The van der Waals surface area contributed by atoms with Crippen LogP contribution in [0, 0.1) is 0 Å². The van der Waals surface area contributed by atoms with Crippen LogP contribution in [0.15, 0.2) is 121 Å². The Labute approximate surface area is 276 Å². The van der Waals surface area contributed by atoms with Gasteiger partial charge in [0.05, 0.1) is 22.8 Å². The normalized spacial score (nSPS) is 10.3. The van der Waals surface area contributed by atoms with Gasteiger partial charge in [0, 0.05) is 48.1 Å². The van der Waals surface area contributed by atoms with E-state index in [4.69, 9.17) is 20.4 Å². The molecular formula is C34H36N4O10. The summed E-state index contributed by atoms with van der Waals surface area (Å²) < 4.78 is 0. The second-order valence-electron chi connectivity index (χ2n) is 8.63. The van der Waals surface area contributed by atoms with Gasteiger partial charge in [-0.2, -0.15) is 0 Å². The molecule has 0 unspecified atom stereocenters. The molecule has 0 atom stereocenters. The minimum atomic E-state index is -1.24. The lowest BCUT2D eigenvalue weighted by molar-refractivity contribution is -0.135. The molecule has 0 aliphatic carbocycles. The molecule has 4 aromatic rings. The molecule has 4 rings (SSSR count). The van der Waals surface area contributed by atoms with Gasteiger partial charge in [-0.15, -0.1) is 0 Å². The monoisotopic (exact) mass is 660 g/mol. The smallest absolute Gasteiger partial charge is 0.331 e. The first-order valence-electron chi connectivity index (χ1n) is 13.3. The highest BCUT2D eigenvalue weighted by Crippen LogP contribution is 2.03. The highest BCUT2D eigenvalue weighted by atomic mass is 16.4. The maximum atomic E-state index is 9.90. The van der Waals surface area contributed by atoms with Crippen LogP contribution in [0.3, 0.4) is 0 Å². The summed E-state index contributed by atoms with van der Waals surface area (Å²) in [6, 6.07) is 23.3. The van der Waals surface area contributed by atoms with E-state index >= 15 is 0 Å². The van der Waals surface area contributed by atoms with Crippen molar-refractivity contribution in [3.05, 3.63) is 144 Å². The van der Waals surface area contributed by atoms with Crippen molar-refractivity contribution >= 4 is 48.2 Å². The highest BCUT2D eigenvalue weighted by molar-refractivity contribution is 5.94. The fraction of sp³-hybridized carbons (Fsp3) is 0.0588. The topological polar surface area (TPSA) is 264 Å². The summed E-state index contributed by atoms with van der Waals surface area (Å²) in [4.78, 5) is 56.1. The SMILES string of the molecule is C(=C\c1ccccn1)/c1ccccn1.C(=Cc1ccccn1)c1ccccn1.C/C(=C\C(=O)O)C(=O)O.C/C(=C\C(=O)O)C(=O)O.O.O. The van der Waals surface area contributed by atoms with Gasteiger partial charge in [-0.3, -0.25) is 19.9 Å². The highest BCUT2D eigenvalue weighted by Gasteiger charge is 2.01. The molecule has 0 radical (unpaired) electrons. The van der Waals surface area contributed by atoms with E-state index in [1.54, 1.807) is 24.8 Å². The van der Waals surface area contributed by atoms with E-state index in [1.807, 2.05) is 97.1 Å². The minimum absolute atomic E-state index is 0. The lowest BCUT2D eigenvalue weighted by Gasteiger charge is -1.91. The molecule has 252 valence electrons. The summed E-state index contributed by atoms with van der Waals surface area (Å²) in [5.41, 5.74) is 3.41. The van der Waals surface area contributed by atoms with Crippen molar-refractivity contribution < 1.29 is 50.6 Å². The Bertz CT molecular complexity index is 1440. The molecule has 4 aromatic heterocycles. The number of rotatable bonds is 8. The number of carboxylic acids is 4. The molecule has 0 aromatic carbocycles. The molecule has 8 N–H and O–H groups in total. The van der Waals surface area contributed by atoms with Crippen LogP contribution in [0.4, 0.5) is 0 Å². The third-order valence-corrected chi connectivity index (χ3v) is 4.96. The number of aliphatic carboxylic acids is 4. The molecule has 14 heteroatoms. The average molecular weight is 661 g/mol. The second-order valence-corrected chi connectivity index (χ2v) is 8.63. The van der Waals surface area contributed by atoms with Crippen molar-refractivity contribution in [2.75, 3.05) is 0 Å². The first kappa shape index (κ1) is 43.5. The lowest BCUT2D eigenvalue weighted by Crippen LogP contribution is -1.99. The fourth-order valence-corrected chi connectivity index (χ4v) is 2.73. The molecule has 0 aliphatic rings. The van der Waals surface area contributed by atoms with Crippen molar-refractivity contribution in [2.45, 2.75) is 13.8 Å². The molecular weight excluding hydrogens is 624 g/mol. The van der Waals surface area contributed by atoms with Crippen LogP contribution in [-0.2, 0) is 19.2 Å². The molecule has 0 saturated heterocycles. The zero-order valence-electron chi connectivity index (χ0n) is 25.9.